The van der Waals surface area contributed by atoms with Crippen molar-refractivity contribution in [3.05, 3.63) is 27.8 Å². The van der Waals surface area contributed by atoms with Crippen LogP contribution in [-0.2, 0) is 11.3 Å². The average Bonchev–Trinajstić information content (AvgIpc) is 2.58. The van der Waals surface area contributed by atoms with Gasteiger partial charge in [-0.05, 0) is 19.4 Å². The van der Waals surface area contributed by atoms with Gasteiger partial charge < -0.3 is 33.4 Å². The minimum Gasteiger partial charge on any atom is -0.481 e. The molecule has 0 bridgehead atoms. The summed E-state index contributed by atoms with van der Waals surface area (Å²) in [4.78, 5) is 43.4. The zero-order valence-electron chi connectivity index (χ0n) is 15.6. The van der Waals surface area contributed by atoms with Crippen LogP contribution in [0.1, 0.15) is 25.7 Å². The fourth-order valence-corrected chi connectivity index (χ4v) is 2.11. The number of H-pyrrole nitrogens is 1. The number of nitrogens with two attached hydrogens (primary N) is 2. The van der Waals surface area contributed by atoms with Crippen LogP contribution in [0.25, 0.3) is 11.0 Å². The van der Waals surface area contributed by atoms with Crippen molar-refractivity contribution in [2.75, 3.05) is 24.6 Å². The van der Waals surface area contributed by atoms with E-state index >= 15 is 0 Å². The van der Waals surface area contributed by atoms with Gasteiger partial charge in [0.25, 0.3) is 5.56 Å². The van der Waals surface area contributed by atoms with Crippen molar-refractivity contribution in [2.45, 2.75) is 32.2 Å². The third-order valence-electron chi connectivity index (χ3n) is 3.41. The Morgan fingerprint density at radius 3 is 2.48 bits per heavy atom. The third kappa shape index (κ3) is 7.29. The number of rotatable bonds is 7. The number of aromatic nitrogens is 4. The average molecular weight is 389 g/mol. The van der Waals surface area contributed by atoms with Crippen LogP contribution >= 0.6 is 0 Å². The standard InChI is InChI=1S/C9H11N6O2.C6H13NO2.Na/c1-3-15-6-4(5(10)12-9(15)17)7(16)14-8(11-2)13-6;7-5-3-1-2-4-6(8)9;/h1,3H2,2H3,(H2,10,12,17)(H2,11,13,14,16);1-5,7H2,(H,8,9);/q-1;;+1. The van der Waals surface area contributed by atoms with E-state index in [1.165, 1.54) is 4.57 Å². The SMILES string of the molecule is NCCCCCC(=O)O.[CH2-]Cn1c(=O)nc(N)c2c(=O)[nH]c(NC)nc21.[Na+]. The molecule has 0 aliphatic heterocycles. The second kappa shape index (κ2) is 12.4. The van der Waals surface area contributed by atoms with Gasteiger partial charge in [0.05, 0.1) is 0 Å². The Hall–Kier alpha value is -1.95. The van der Waals surface area contributed by atoms with E-state index in [2.05, 4.69) is 27.2 Å². The van der Waals surface area contributed by atoms with Crippen LogP contribution in [0.5, 0.6) is 0 Å². The molecule has 7 N–H and O–H groups in total. The molecule has 0 unspecified atom stereocenters. The van der Waals surface area contributed by atoms with Crippen LogP contribution < -0.4 is 57.6 Å². The number of carboxylic acids is 1. The Bertz CT molecular complexity index is 866. The number of nitrogens with zero attached hydrogens (tertiary/aromatic N) is 3. The number of nitrogen functional groups attached to an aromatic ring is 1. The molecule has 144 valence electrons. The Labute approximate surface area is 177 Å². The van der Waals surface area contributed by atoms with Gasteiger partial charge in [-0.1, -0.05) is 13.0 Å². The van der Waals surface area contributed by atoms with E-state index in [1.807, 2.05) is 0 Å². The molecule has 0 fully saturated rings. The van der Waals surface area contributed by atoms with E-state index in [9.17, 15) is 14.4 Å². The number of unbranched alkanes of at least 4 members (excludes halogenated alkanes) is 2. The second-order valence-corrected chi connectivity index (χ2v) is 5.29. The number of nitrogens with one attached hydrogen (secondary N) is 2. The molecule has 0 amide bonds. The molecular formula is C15H24N7NaO4. The molecule has 0 saturated heterocycles. The van der Waals surface area contributed by atoms with E-state index in [0.29, 0.717) is 6.54 Å². The number of carbonyl (C=O) groups is 1. The molecule has 11 nitrogen and oxygen atoms in total. The molecule has 0 atom stereocenters. The Morgan fingerprint density at radius 2 is 1.96 bits per heavy atom. The summed E-state index contributed by atoms with van der Waals surface area (Å²) in [6, 6.07) is 0. The monoisotopic (exact) mass is 389 g/mol. The maximum Gasteiger partial charge on any atom is 1.00 e. The fourth-order valence-electron chi connectivity index (χ4n) is 2.11. The number of aromatic amines is 1. The van der Waals surface area contributed by atoms with E-state index < -0.39 is 17.2 Å². The Morgan fingerprint density at radius 1 is 1.30 bits per heavy atom. The van der Waals surface area contributed by atoms with Crippen LogP contribution in [0.3, 0.4) is 0 Å². The van der Waals surface area contributed by atoms with Gasteiger partial charge in [-0.15, -0.1) is 0 Å². The normalized spacial score (nSPS) is 9.89. The van der Waals surface area contributed by atoms with Crippen molar-refractivity contribution < 1.29 is 39.5 Å². The van der Waals surface area contributed by atoms with Gasteiger partial charge >= 0.3 is 41.2 Å². The molecule has 0 aliphatic carbocycles. The van der Waals surface area contributed by atoms with Crippen LogP contribution in [0, 0.1) is 6.92 Å². The number of aliphatic carboxylic acids is 1. The maximum atomic E-state index is 11.8. The summed E-state index contributed by atoms with van der Waals surface area (Å²) >= 11 is 0. The number of anilines is 2. The smallest absolute Gasteiger partial charge is 0.481 e. The van der Waals surface area contributed by atoms with Gasteiger partial charge in [-0.3, -0.25) is 14.6 Å². The van der Waals surface area contributed by atoms with E-state index in [4.69, 9.17) is 16.6 Å². The van der Waals surface area contributed by atoms with Gasteiger partial charge in [0.15, 0.2) is 5.65 Å². The van der Waals surface area contributed by atoms with Crippen LogP contribution in [-0.4, -0.2) is 44.2 Å². The molecule has 2 rings (SSSR count). The molecule has 27 heavy (non-hydrogen) atoms. The number of hydrogen-bond donors (Lipinski definition) is 5. The molecule has 2 heterocycles. The molecule has 0 spiro atoms. The van der Waals surface area contributed by atoms with Gasteiger partial charge in [-0.2, -0.15) is 9.97 Å². The van der Waals surface area contributed by atoms with Crippen LogP contribution in [0.15, 0.2) is 9.59 Å². The van der Waals surface area contributed by atoms with Crippen molar-refractivity contribution in [1.29, 1.82) is 0 Å². The summed E-state index contributed by atoms with van der Waals surface area (Å²) in [7, 11) is 1.60. The van der Waals surface area contributed by atoms with Crippen molar-refractivity contribution in [2.24, 2.45) is 5.73 Å². The van der Waals surface area contributed by atoms with Gasteiger partial charge in [-0.25, -0.2) is 4.79 Å². The van der Waals surface area contributed by atoms with Crippen LogP contribution in [0.2, 0.25) is 0 Å². The van der Waals surface area contributed by atoms with Gasteiger partial charge in [0.2, 0.25) is 5.95 Å². The number of carboxylic acid groups (broad SMARTS) is 1. The molecule has 2 aromatic rings. The molecule has 0 saturated carbocycles. The Balaban J connectivity index is 0.000000584. The zero-order chi connectivity index (χ0) is 19.7. The van der Waals surface area contributed by atoms with E-state index in [-0.39, 0.29) is 65.3 Å². The minimum atomic E-state index is -0.716. The number of hydrogen-bond acceptors (Lipinski definition) is 8. The Kier molecular flexibility index (Phi) is 11.5. The first-order valence-corrected chi connectivity index (χ1v) is 8.04. The quantitative estimate of drug-likeness (QED) is 0.182. The van der Waals surface area contributed by atoms with Crippen molar-refractivity contribution in [3.63, 3.8) is 0 Å². The summed E-state index contributed by atoms with van der Waals surface area (Å²) in [5.74, 6) is -0.604. The number of fused-ring (bicyclic) bond motifs is 1. The largest absolute Gasteiger partial charge is 1.00 e. The van der Waals surface area contributed by atoms with Crippen molar-refractivity contribution in [3.8, 4) is 0 Å². The molecule has 0 aliphatic rings. The van der Waals surface area contributed by atoms with Crippen LogP contribution in [0.4, 0.5) is 11.8 Å². The molecule has 0 aromatic carbocycles. The molecular weight excluding hydrogens is 365 g/mol. The van der Waals surface area contributed by atoms with E-state index in [1.54, 1.807) is 7.05 Å². The predicted octanol–water partition coefficient (Wildman–Crippen LogP) is -3.47. The molecule has 2 aromatic heterocycles. The third-order valence-corrected chi connectivity index (χ3v) is 3.41. The first kappa shape index (κ1) is 25.1. The van der Waals surface area contributed by atoms with E-state index in [0.717, 1.165) is 19.3 Å². The topological polar surface area (TPSA) is 182 Å². The summed E-state index contributed by atoms with van der Waals surface area (Å²) in [6.45, 7) is 4.37. The molecule has 0 radical (unpaired) electrons. The molecule has 12 heteroatoms. The first-order valence-electron chi connectivity index (χ1n) is 8.04. The van der Waals surface area contributed by atoms with Gasteiger partial charge in [0, 0.05) is 13.5 Å². The van der Waals surface area contributed by atoms with Gasteiger partial charge in [0.1, 0.15) is 11.2 Å². The maximum absolute atomic E-state index is 11.8. The van der Waals surface area contributed by atoms with Crippen molar-refractivity contribution >= 4 is 28.8 Å². The first-order chi connectivity index (χ1) is 12.3. The second-order valence-electron chi connectivity index (χ2n) is 5.29. The fraction of sp³-hybridized carbons (Fsp3) is 0.467. The summed E-state index contributed by atoms with van der Waals surface area (Å²) in [5.41, 5.74) is 9.89. The predicted molar refractivity (Wildman–Crippen MR) is 98.9 cm³/mol. The summed E-state index contributed by atoms with van der Waals surface area (Å²) in [5, 5.41) is 11.0. The zero-order valence-corrected chi connectivity index (χ0v) is 17.6. The minimum absolute atomic E-state index is 0. The van der Waals surface area contributed by atoms with Crippen molar-refractivity contribution in [1.82, 2.24) is 19.5 Å². The summed E-state index contributed by atoms with van der Waals surface area (Å²) < 4.78 is 1.18. The summed E-state index contributed by atoms with van der Waals surface area (Å²) in [6.07, 6.45) is 2.91.